The standard InChI is InChI=1S/C24H22F3N3O3/c1-29-14-19(18-8-4-5-9-21(18)29)23(32,24(25,26)27)16-10-11-20-15(12-16)13-28-30(20)22(31)33-17-6-2-3-7-17/h4-5,8-14,17,32H,2-3,6-7H2,1H3. The number of para-hydroxylation sites is 1. The number of carbonyl (C=O) groups is 1. The van der Waals surface area contributed by atoms with Crippen molar-refractivity contribution in [2.75, 3.05) is 0 Å². The number of benzene rings is 2. The number of carbonyl (C=O) groups excluding carboxylic acids is 1. The van der Waals surface area contributed by atoms with Crippen LogP contribution in [0.15, 0.2) is 54.9 Å². The van der Waals surface area contributed by atoms with E-state index in [1.165, 1.54) is 30.6 Å². The second kappa shape index (κ2) is 7.62. The third-order valence-electron chi connectivity index (χ3n) is 6.43. The monoisotopic (exact) mass is 457 g/mol. The smallest absolute Gasteiger partial charge is 0.435 e. The van der Waals surface area contributed by atoms with E-state index in [9.17, 15) is 23.1 Å². The normalized spacial score (nSPS) is 17.0. The largest absolute Gasteiger partial charge is 0.445 e. The number of aryl methyl sites for hydroxylation is 1. The fraction of sp³-hybridized carbons (Fsp3) is 0.333. The number of ether oxygens (including phenoxy) is 1. The molecule has 1 atom stereocenters. The molecule has 1 N–H and O–H groups in total. The van der Waals surface area contributed by atoms with Crippen molar-refractivity contribution in [2.24, 2.45) is 7.05 Å². The van der Waals surface area contributed by atoms with Gasteiger partial charge in [0.25, 0.3) is 0 Å². The molecular weight excluding hydrogens is 435 g/mol. The molecular formula is C24H22F3N3O3. The molecule has 172 valence electrons. The lowest BCUT2D eigenvalue weighted by Crippen LogP contribution is -2.43. The van der Waals surface area contributed by atoms with Gasteiger partial charge in [-0.2, -0.15) is 23.0 Å². The highest BCUT2D eigenvalue weighted by atomic mass is 19.4. The molecule has 33 heavy (non-hydrogen) atoms. The Kier molecular flexibility index (Phi) is 4.97. The van der Waals surface area contributed by atoms with Gasteiger partial charge in [0.1, 0.15) is 6.10 Å². The first-order valence-electron chi connectivity index (χ1n) is 10.7. The molecule has 2 aromatic carbocycles. The number of hydrogen-bond acceptors (Lipinski definition) is 4. The predicted octanol–water partition coefficient (Wildman–Crippen LogP) is 5.25. The highest BCUT2D eigenvalue weighted by molar-refractivity contribution is 5.89. The van der Waals surface area contributed by atoms with Crippen LogP contribution >= 0.6 is 0 Å². The maximum Gasteiger partial charge on any atom is 0.435 e. The second-order valence-corrected chi connectivity index (χ2v) is 8.50. The van der Waals surface area contributed by atoms with E-state index < -0.39 is 17.9 Å². The quantitative estimate of drug-likeness (QED) is 0.456. The number of rotatable bonds is 3. The third kappa shape index (κ3) is 3.38. The van der Waals surface area contributed by atoms with Gasteiger partial charge in [-0.3, -0.25) is 0 Å². The van der Waals surface area contributed by atoms with Crippen molar-refractivity contribution in [2.45, 2.75) is 43.6 Å². The zero-order chi connectivity index (χ0) is 23.4. The Hall–Kier alpha value is -3.33. The summed E-state index contributed by atoms with van der Waals surface area (Å²) in [4.78, 5) is 12.5. The van der Waals surface area contributed by atoms with E-state index >= 15 is 0 Å². The number of aromatic nitrogens is 3. The van der Waals surface area contributed by atoms with E-state index in [1.54, 1.807) is 35.9 Å². The molecule has 1 unspecified atom stereocenters. The first kappa shape index (κ1) is 21.5. The van der Waals surface area contributed by atoms with Crippen LogP contribution in [0.4, 0.5) is 18.0 Å². The molecule has 0 saturated heterocycles. The fourth-order valence-corrected chi connectivity index (χ4v) is 4.70. The molecule has 4 aromatic rings. The van der Waals surface area contributed by atoms with E-state index in [2.05, 4.69) is 5.10 Å². The van der Waals surface area contributed by atoms with Gasteiger partial charge < -0.3 is 14.4 Å². The summed E-state index contributed by atoms with van der Waals surface area (Å²) in [6, 6.07) is 10.4. The number of hydrogen-bond donors (Lipinski definition) is 1. The first-order valence-corrected chi connectivity index (χ1v) is 10.7. The van der Waals surface area contributed by atoms with Gasteiger partial charge >= 0.3 is 12.3 Å². The molecule has 0 aliphatic heterocycles. The number of fused-ring (bicyclic) bond motifs is 2. The summed E-state index contributed by atoms with van der Waals surface area (Å²) >= 11 is 0. The molecule has 1 aliphatic carbocycles. The van der Waals surface area contributed by atoms with Crippen LogP contribution in [0.25, 0.3) is 21.8 Å². The van der Waals surface area contributed by atoms with Crippen LogP contribution in [0, 0.1) is 0 Å². The number of alkyl halides is 3. The van der Waals surface area contributed by atoms with Gasteiger partial charge in [0, 0.05) is 35.1 Å². The first-order chi connectivity index (χ1) is 15.7. The van der Waals surface area contributed by atoms with E-state index in [-0.39, 0.29) is 17.2 Å². The van der Waals surface area contributed by atoms with Gasteiger partial charge in [0.15, 0.2) is 0 Å². The third-order valence-corrected chi connectivity index (χ3v) is 6.43. The second-order valence-electron chi connectivity index (χ2n) is 8.50. The van der Waals surface area contributed by atoms with E-state index in [4.69, 9.17) is 4.74 Å². The molecule has 6 nitrogen and oxygen atoms in total. The van der Waals surface area contributed by atoms with E-state index in [1.807, 2.05) is 0 Å². The van der Waals surface area contributed by atoms with Crippen LogP contribution < -0.4 is 0 Å². The lowest BCUT2D eigenvalue weighted by atomic mass is 9.85. The molecule has 1 saturated carbocycles. The van der Waals surface area contributed by atoms with Crippen LogP contribution in [0.3, 0.4) is 0 Å². The van der Waals surface area contributed by atoms with Gasteiger partial charge in [-0.1, -0.05) is 24.3 Å². The summed E-state index contributed by atoms with van der Waals surface area (Å²) in [6.45, 7) is 0. The lowest BCUT2D eigenvalue weighted by Gasteiger charge is -2.31. The molecule has 2 aromatic heterocycles. The Bertz CT molecular complexity index is 1350. The number of nitrogens with zero attached hydrogens (tertiary/aromatic N) is 3. The Labute approximate surface area is 187 Å². The SMILES string of the molecule is Cn1cc(C(O)(c2ccc3c(cnn3C(=O)OC3CCCC3)c2)C(F)(F)F)c2ccccc21. The zero-order valence-electron chi connectivity index (χ0n) is 17.8. The Morgan fingerprint density at radius 3 is 2.58 bits per heavy atom. The van der Waals surface area contributed by atoms with Gasteiger partial charge in [-0.25, -0.2) is 4.79 Å². The fourth-order valence-electron chi connectivity index (χ4n) is 4.70. The summed E-state index contributed by atoms with van der Waals surface area (Å²) in [5.41, 5.74) is -3.00. The minimum absolute atomic E-state index is 0.169. The minimum atomic E-state index is -5.00. The molecule has 0 radical (unpaired) electrons. The average Bonchev–Trinajstić information content (AvgIpc) is 3.51. The molecule has 1 aliphatic rings. The van der Waals surface area contributed by atoms with Crippen molar-refractivity contribution in [1.82, 2.24) is 14.3 Å². The summed E-state index contributed by atoms with van der Waals surface area (Å²) in [5.74, 6) is 0. The summed E-state index contributed by atoms with van der Waals surface area (Å²) in [5, 5.41) is 15.8. The Balaban J connectivity index is 1.60. The maximum absolute atomic E-state index is 14.4. The predicted molar refractivity (Wildman–Crippen MR) is 116 cm³/mol. The maximum atomic E-state index is 14.4. The number of aliphatic hydroxyl groups is 1. The summed E-state index contributed by atoms with van der Waals surface area (Å²) in [6.07, 6.45) is 0.331. The van der Waals surface area contributed by atoms with Crippen molar-refractivity contribution in [3.05, 3.63) is 66.0 Å². The van der Waals surface area contributed by atoms with Crippen molar-refractivity contribution in [1.29, 1.82) is 0 Å². The van der Waals surface area contributed by atoms with Gasteiger partial charge in [-0.15, -0.1) is 0 Å². The molecule has 0 amide bonds. The molecule has 0 bridgehead atoms. The van der Waals surface area contributed by atoms with Gasteiger partial charge in [-0.05, 0) is 49.4 Å². The van der Waals surface area contributed by atoms with Crippen LogP contribution in [0.1, 0.15) is 36.8 Å². The minimum Gasteiger partial charge on any atom is -0.445 e. The van der Waals surface area contributed by atoms with Gasteiger partial charge in [0.05, 0.1) is 11.7 Å². The molecule has 1 fully saturated rings. The van der Waals surface area contributed by atoms with Crippen LogP contribution in [0.5, 0.6) is 0 Å². The Morgan fingerprint density at radius 1 is 1.12 bits per heavy atom. The van der Waals surface area contributed by atoms with Crippen LogP contribution in [-0.2, 0) is 17.4 Å². The average molecular weight is 457 g/mol. The summed E-state index contributed by atoms with van der Waals surface area (Å²) in [7, 11) is 1.63. The van der Waals surface area contributed by atoms with Crippen molar-refractivity contribution in [3.63, 3.8) is 0 Å². The number of halogens is 3. The molecule has 9 heteroatoms. The van der Waals surface area contributed by atoms with Crippen molar-refractivity contribution >= 4 is 27.9 Å². The van der Waals surface area contributed by atoms with E-state index in [0.717, 1.165) is 30.4 Å². The Morgan fingerprint density at radius 2 is 1.85 bits per heavy atom. The van der Waals surface area contributed by atoms with Gasteiger partial charge in [0.2, 0.25) is 5.60 Å². The molecule has 2 heterocycles. The molecule has 5 rings (SSSR count). The summed E-state index contributed by atoms with van der Waals surface area (Å²) < 4.78 is 51.3. The highest BCUT2D eigenvalue weighted by Crippen LogP contribution is 2.47. The topological polar surface area (TPSA) is 69.3 Å². The molecule has 0 spiro atoms. The zero-order valence-corrected chi connectivity index (χ0v) is 17.8. The van der Waals surface area contributed by atoms with E-state index in [0.29, 0.717) is 21.8 Å². The van der Waals surface area contributed by atoms with Crippen molar-refractivity contribution < 1.29 is 27.8 Å². The highest BCUT2D eigenvalue weighted by Gasteiger charge is 2.57. The lowest BCUT2D eigenvalue weighted by molar-refractivity contribution is -0.247. The van der Waals surface area contributed by atoms with Crippen LogP contribution in [0.2, 0.25) is 0 Å². The van der Waals surface area contributed by atoms with Crippen LogP contribution in [-0.4, -0.2) is 37.8 Å². The van der Waals surface area contributed by atoms with Crippen molar-refractivity contribution in [3.8, 4) is 0 Å².